The summed E-state index contributed by atoms with van der Waals surface area (Å²) in [4.78, 5) is 11.7. The van der Waals surface area contributed by atoms with Crippen molar-refractivity contribution in [3.8, 4) is 5.75 Å². The number of benzene rings is 1. The number of anilines is 1. The number of aromatic hydroxyl groups is 1. The molecule has 0 aliphatic carbocycles. The molecule has 3 N–H and O–H groups in total. The molecule has 1 rings (SSSR count). The van der Waals surface area contributed by atoms with Crippen LogP contribution in [0.3, 0.4) is 0 Å². The molecule has 0 radical (unpaired) electrons. The Kier molecular flexibility index (Phi) is 3.12. The molecule has 3 heteroatoms. The third kappa shape index (κ3) is 1.87. The first kappa shape index (κ1) is 10.6. The summed E-state index contributed by atoms with van der Waals surface area (Å²) in [5.74, 6) is -0.238. The minimum atomic E-state index is -0.0993. The zero-order valence-electron chi connectivity index (χ0n) is 8.45. The molecule has 0 aromatic heterocycles. The van der Waals surface area contributed by atoms with E-state index in [1.165, 1.54) is 0 Å². The van der Waals surface area contributed by atoms with Gasteiger partial charge in [-0.3, -0.25) is 4.79 Å². The Hall–Kier alpha value is -1.51. The number of para-hydroxylation sites is 1. The minimum absolute atomic E-state index is 0.0581. The van der Waals surface area contributed by atoms with Gasteiger partial charge in [0.2, 0.25) is 0 Å². The number of Topliss-reactive ketones (excluding diaryl/α,β-unsaturated/α-hetero) is 1. The Morgan fingerprint density at radius 2 is 2.21 bits per heavy atom. The summed E-state index contributed by atoms with van der Waals surface area (Å²) in [6.45, 7) is 3.77. The maximum atomic E-state index is 11.7. The number of hydrogen-bond acceptors (Lipinski definition) is 3. The van der Waals surface area contributed by atoms with Crippen molar-refractivity contribution in [2.45, 2.75) is 20.3 Å². The number of nitrogen functional groups attached to an aromatic ring is 1. The van der Waals surface area contributed by atoms with E-state index in [0.717, 1.165) is 6.42 Å². The molecule has 3 nitrogen and oxygen atoms in total. The molecule has 1 unspecified atom stereocenters. The van der Waals surface area contributed by atoms with E-state index < -0.39 is 0 Å². The first-order valence-corrected chi connectivity index (χ1v) is 4.69. The summed E-state index contributed by atoms with van der Waals surface area (Å²) in [5.41, 5.74) is 6.07. The van der Waals surface area contributed by atoms with Gasteiger partial charge in [0.25, 0.3) is 0 Å². The number of hydrogen-bond donors (Lipinski definition) is 2. The van der Waals surface area contributed by atoms with Crippen LogP contribution in [0.2, 0.25) is 0 Å². The Morgan fingerprint density at radius 1 is 1.57 bits per heavy atom. The predicted octanol–water partition coefficient (Wildman–Crippen LogP) is 2.20. The fourth-order valence-corrected chi connectivity index (χ4v) is 1.21. The van der Waals surface area contributed by atoms with Crippen molar-refractivity contribution in [2.24, 2.45) is 5.92 Å². The lowest BCUT2D eigenvalue weighted by Crippen LogP contribution is -2.10. The largest absolute Gasteiger partial charge is 0.505 e. The SMILES string of the molecule is CCC(C)C(=O)c1cccc(N)c1O. The molecule has 14 heavy (non-hydrogen) atoms. The third-order valence-electron chi connectivity index (χ3n) is 2.39. The van der Waals surface area contributed by atoms with Crippen LogP contribution in [0.4, 0.5) is 5.69 Å². The Bertz CT molecular complexity index is 347. The summed E-state index contributed by atoms with van der Waals surface area (Å²) in [6.07, 6.45) is 0.757. The summed E-state index contributed by atoms with van der Waals surface area (Å²) in [5, 5.41) is 9.57. The number of ketones is 1. The van der Waals surface area contributed by atoms with E-state index in [9.17, 15) is 9.90 Å². The van der Waals surface area contributed by atoms with Crippen LogP contribution in [0.25, 0.3) is 0 Å². The van der Waals surface area contributed by atoms with Gasteiger partial charge in [0, 0.05) is 5.92 Å². The van der Waals surface area contributed by atoms with Crippen LogP contribution in [-0.4, -0.2) is 10.9 Å². The van der Waals surface area contributed by atoms with Gasteiger partial charge in [-0.05, 0) is 18.6 Å². The first-order valence-electron chi connectivity index (χ1n) is 4.69. The van der Waals surface area contributed by atoms with Crippen LogP contribution >= 0.6 is 0 Å². The van der Waals surface area contributed by atoms with Gasteiger partial charge in [-0.25, -0.2) is 0 Å². The quantitative estimate of drug-likeness (QED) is 0.439. The lowest BCUT2D eigenvalue weighted by Gasteiger charge is -2.09. The van der Waals surface area contributed by atoms with Gasteiger partial charge in [0.1, 0.15) is 5.75 Å². The Balaban J connectivity index is 3.07. The maximum Gasteiger partial charge on any atom is 0.169 e. The summed E-state index contributed by atoms with van der Waals surface area (Å²) in [7, 11) is 0. The minimum Gasteiger partial charge on any atom is -0.505 e. The number of rotatable bonds is 3. The van der Waals surface area contributed by atoms with E-state index in [4.69, 9.17) is 5.73 Å². The van der Waals surface area contributed by atoms with Crippen molar-refractivity contribution in [2.75, 3.05) is 5.73 Å². The molecule has 0 spiro atoms. The zero-order chi connectivity index (χ0) is 10.7. The van der Waals surface area contributed by atoms with Crippen LogP contribution in [0.5, 0.6) is 5.75 Å². The van der Waals surface area contributed by atoms with Gasteiger partial charge in [0.05, 0.1) is 11.3 Å². The second-order valence-electron chi connectivity index (χ2n) is 3.42. The monoisotopic (exact) mass is 193 g/mol. The van der Waals surface area contributed by atoms with E-state index in [0.29, 0.717) is 5.56 Å². The van der Waals surface area contributed by atoms with Gasteiger partial charge >= 0.3 is 0 Å². The van der Waals surface area contributed by atoms with Crippen molar-refractivity contribution in [1.82, 2.24) is 0 Å². The Morgan fingerprint density at radius 3 is 2.79 bits per heavy atom. The molecule has 0 saturated heterocycles. The average Bonchev–Trinajstić information content (AvgIpc) is 2.20. The summed E-state index contributed by atoms with van der Waals surface area (Å²) >= 11 is 0. The normalized spacial score (nSPS) is 12.4. The van der Waals surface area contributed by atoms with Crippen LogP contribution < -0.4 is 5.73 Å². The summed E-state index contributed by atoms with van der Waals surface area (Å²) in [6, 6.07) is 4.84. The molecule has 76 valence electrons. The highest BCUT2D eigenvalue weighted by Crippen LogP contribution is 2.27. The van der Waals surface area contributed by atoms with Gasteiger partial charge in [-0.1, -0.05) is 19.9 Å². The third-order valence-corrected chi connectivity index (χ3v) is 2.39. The predicted molar refractivity (Wildman–Crippen MR) is 56.3 cm³/mol. The van der Waals surface area contributed by atoms with Gasteiger partial charge in [0.15, 0.2) is 5.78 Å². The van der Waals surface area contributed by atoms with Crippen LogP contribution in [-0.2, 0) is 0 Å². The van der Waals surface area contributed by atoms with Gasteiger partial charge in [-0.2, -0.15) is 0 Å². The number of carbonyl (C=O) groups excluding carboxylic acids is 1. The number of carbonyl (C=O) groups is 1. The number of nitrogens with two attached hydrogens (primary N) is 1. The standard InChI is InChI=1S/C11H15NO2/c1-3-7(2)10(13)8-5-4-6-9(12)11(8)14/h4-7,14H,3,12H2,1-2H3. The van der Waals surface area contributed by atoms with Crippen molar-refractivity contribution < 1.29 is 9.90 Å². The van der Waals surface area contributed by atoms with Crippen LogP contribution in [0.15, 0.2) is 18.2 Å². The fourth-order valence-electron chi connectivity index (χ4n) is 1.21. The smallest absolute Gasteiger partial charge is 0.169 e. The molecule has 1 aromatic rings. The van der Waals surface area contributed by atoms with E-state index in [-0.39, 0.29) is 23.1 Å². The van der Waals surface area contributed by atoms with Crippen molar-refractivity contribution >= 4 is 11.5 Å². The fraction of sp³-hybridized carbons (Fsp3) is 0.364. The Labute approximate surface area is 83.6 Å². The molecule has 0 amide bonds. The van der Waals surface area contributed by atoms with Gasteiger partial charge < -0.3 is 10.8 Å². The highest BCUT2D eigenvalue weighted by Gasteiger charge is 2.17. The maximum absolute atomic E-state index is 11.7. The van der Waals surface area contributed by atoms with E-state index in [1.54, 1.807) is 18.2 Å². The lowest BCUT2D eigenvalue weighted by molar-refractivity contribution is 0.0924. The van der Waals surface area contributed by atoms with Crippen LogP contribution in [0.1, 0.15) is 30.6 Å². The highest BCUT2D eigenvalue weighted by atomic mass is 16.3. The number of phenolic OH excluding ortho intramolecular Hbond substituents is 1. The molecule has 0 heterocycles. The van der Waals surface area contributed by atoms with Gasteiger partial charge in [-0.15, -0.1) is 0 Å². The van der Waals surface area contributed by atoms with Crippen molar-refractivity contribution in [3.05, 3.63) is 23.8 Å². The topological polar surface area (TPSA) is 63.3 Å². The lowest BCUT2D eigenvalue weighted by atomic mass is 9.96. The number of phenols is 1. The molecule has 0 bridgehead atoms. The summed E-state index contributed by atoms with van der Waals surface area (Å²) < 4.78 is 0. The zero-order valence-corrected chi connectivity index (χ0v) is 8.45. The van der Waals surface area contributed by atoms with Crippen molar-refractivity contribution in [3.63, 3.8) is 0 Å². The van der Waals surface area contributed by atoms with Crippen molar-refractivity contribution in [1.29, 1.82) is 0 Å². The van der Waals surface area contributed by atoms with E-state index >= 15 is 0 Å². The van der Waals surface area contributed by atoms with E-state index in [2.05, 4.69) is 0 Å². The second kappa shape index (κ2) is 4.13. The first-order chi connectivity index (χ1) is 6.57. The highest BCUT2D eigenvalue weighted by molar-refractivity contribution is 6.01. The molecule has 0 saturated carbocycles. The second-order valence-corrected chi connectivity index (χ2v) is 3.42. The molecular formula is C11H15NO2. The molecular weight excluding hydrogens is 178 g/mol. The van der Waals surface area contributed by atoms with E-state index in [1.807, 2.05) is 13.8 Å². The van der Waals surface area contributed by atoms with Crippen LogP contribution in [0, 0.1) is 5.92 Å². The average molecular weight is 193 g/mol. The molecule has 0 fully saturated rings. The molecule has 1 atom stereocenters. The molecule has 0 aliphatic heterocycles. The molecule has 0 aliphatic rings. The molecule has 1 aromatic carbocycles.